The fourth-order valence-corrected chi connectivity index (χ4v) is 2.73. The summed E-state index contributed by atoms with van der Waals surface area (Å²) in [6, 6.07) is 1.97. The van der Waals surface area contributed by atoms with Gasteiger partial charge in [0.1, 0.15) is 0 Å². The zero-order chi connectivity index (χ0) is 13.9. The summed E-state index contributed by atoms with van der Waals surface area (Å²) in [4.78, 5) is 2.35. The molecule has 0 spiro atoms. The number of aliphatic hydroxyl groups excluding tert-OH is 1. The number of hydrogen-bond acceptors (Lipinski definition) is 4. The molecule has 2 rings (SSSR count). The zero-order valence-corrected chi connectivity index (χ0v) is 12.2. The highest BCUT2D eigenvalue weighted by Crippen LogP contribution is 2.26. The van der Waals surface area contributed by atoms with Crippen LogP contribution in [0.5, 0.6) is 0 Å². The molecule has 1 aliphatic heterocycles. The topological polar surface area (TPSA) is 50.5 Å². The second kappa shape index (κ2) is 6.03. The molecule has 0 radical (unpaired) electrons. The second-order valence-electron chi connectivity index (χ2n) is 5.51. The van der Waals surface area contributed by atoms with Crippen LogP contribution in [0.4, 0.5) is 0 Å². The van der Waals surface area contributed by atoms with Gasteiger partial charge in [-0.25, -0.2) is 0 Å². The molecule has 0 aromatic carbocycles. The molecule has 2 unspecified atom stereocenters. The monoisotopic (exact) mass is 267 g/mol. The summed E-state index contributed by atoms with van der Waals surface area (Å²) in [6.07, 6.45) is 3.02. The van der Waals surface area contributed by atoms with Gasteiger partial charge in [0.05, 0.1) is 25.0 Å². The molecule has 5 heteroatoms. The Balaban J connectivity index is 2.06. The van der Waals surface area contributed by atoms with Crippen molar-refractivity contribution in [2.75, 3.05) is 26.3 Å². The summed E-state index contributed by atoms with van der Waals surface area (Å²) in [5.41, 5.74) is 0.740. The van der Waals surface area contributed by atoms with Crippen molar-refractivity contribution < 1.29 is 9.84 Å². The number of hydrogen-bond donors (Lipinski definition) is 1. The van der Waals surface area contributed by atoms with E-state index in [2.05, 4.69) is 23.8 Å². The standard InChI is InChI=1S/C14H25N3O2/c1-4-14(2,17-7-9-19-10-8-17)13(18)11-12-5-6-16(3)15-12/h5-6,13,18H,4,7-11H2,1-3H3. The Hall–Kier alpha value is -0.910. The molecular weight excluding hydrogens is 242 g/mol. The van der Waals surface area contributed by atoms with E-state index in [9.17, 15) is 5.11 Å². The third-order valence-electron chi connectivity index (χ3n) is 4.34. The van der Waals surface area contributed by atoms with Gasteiger partial charge in [0, 0.05) is 38.3 Å². The van der Waals surface area contributed by atoms with Crippen molar-refractivity contribution in [3.05, 3.63) is 18.0 Å². The maximum Gasteiger partial charge on any atom is 0.0777 e. The summed E-state index contributed by atoms with van der Waals surface area (Å²) in [5.74, 6) is 0. The molecule has 1 saturated heterocycles. The maximum absolute atomic E-state index is 10.7. The largest absolute Gasteiger partial charge is 0.391 e. The molecule has 19 heavy (non-hydrogen) atoms. The number of rotatable bonds is 5. The molecule has 1 aromatic rings. The first-order valence-electron chi connectivity index (χ1n) is 7.05. The number of aryl methyl sites for hydroxylation is 1. The van der Waals surface area contributed by atoms with Crippen molar-refractivity contribution in [1.29, 1.82) is 0 Å². The zero-order valence-electron chi connectivity index (χ0n) is 12.2. The van der Waals surface area contributed by atoms with Crippen LogP contribution >= 0.6 is 0 Å². The Labute approximate surface area is 115 Å². The third-order valence-corrected chi connectivity index (χ3v) is 4.34. The summed E-state index contributed by atoms with van der Waals surface area (Å²) in [6.45, 7) is 7.58. The van der Waals surface area contributed by atoms with Crippen LogP contribution in [-0.2, 0) is 18.2 Å². The van der Waals surface area contributed by atoms with Crippen LogP contribution in [0.1, 0.15) is 26.0 Å². The van der Waals surface area contributed by atoms with Gasteiger partial charge in [-0.15, -0.1) is 0 Å². The Morgan fingerprint density at radius 3 is 2.68 bits per heavy atom. The molecule has 1 N–H and O–H groups in total. The van der Waals surface area contributed by atoms with Crippen molar-refractivity contribution >= 4 is 0 Å². The Bertz CT molecular complexity index is 401. The van der Waals surface area contributed by atoms with Gasteiger partial charge in [0.2, 0.25) is 0 Å². The quantitative estimate of drug-likeness (QED) is 0.858. The first kappa shape index (κ1) is 14.5. The summed E-state index contributed by atoms with van der Waals surface area (Å²) < 4.78 is 7.18. The molecule has 0 amide bonds. The fourth-order valence-electron chi connectivity index (χ4n) is 2.73. The lowest BCUT2D eigenvalue weighted by molar-refractivity contribution is -0.0716. The van der Waals surface area contributed by atoms with Gasteiger partial charge in [0.25, 0.3) is 0 Å². The van der Waals surface area contributed by atoms with Gasteiger partial charge in [0.15, 0.2) is 0 Å². The number of ether oxygens (including phenoxy) is 1. The smallest absolute Gasteiger partial charge is 0.0777 e. The van der Waals surface area contributed by atoms with E-state index < -0.39 is 6.10 Å². The average Bonchev–Trinajstić information content (AvgIpc) is 2.84. The van der Waals surface area contributed by atoms with Crippen molar-refractivity contribution in [2.24, 2.45) is 7.05 Å². The minimum absolute atomic E-state index is 0.207. The summed E-state index contributed by atoms with van der Waals surface area (Å²) >= 11 is 0. The summed E-state index contributed by atoms with van der Waals surface area (Å²) in [7, 11) is 1.90. The first-order chi connectivity index (χ1) is 9.06. The molecule has 1 aliphatic rings. The van der Waals surface area contributed by atoms with E-state index in [4.69, 9.17) is 4.74 Å². The lowest BCUT2D eigenvalue weighted by Gasteiger charge is -2.45. The van der Waals surface area contributed by atoms with Crippen LogP contribution in [0.15, 0.2) is 12.3 Å². The van der Waals surface area contributed by atoms with Crippen molar-refractivity contribution in [2.45, 2.75) is 38.3 Å². The normalized spacial score (nSPS) is 22.1. The molecule has 5 nitrogen and oxygen atoms in total. The van der Waals surface area contributed by atoms with Gasteiger partial charge in [-0.3, -0.25) is 9.58 Å². The van der Waals surface area contributed by atoms with Crippen LogP contribution in [-0.4, -0.2) is 57.7 Å². The Morgan fingerprint density at radius 1 is 1.47 bits per heavy atom. The molecule has 2 atom stereocenters. The third kappa shape index (κ3) is 3.16. The highest BCUT2D eigenvalue weighted by atomic mass is 16.5. The number of aromatic nitrogens is 2. The molecule has 0 aliphatic carbocycles. The van der Waals surface area contributed by atoms with Crippen LogP contribution in [0, 0.1) is 0 Å². The summed E-state index contributed by atoms with van der Waals surface area (Å²) in [5, 5.41) is 15.0. The van der Waals surface area contributed by atoms with Gasteiger partial charge in [-0.2, -0.15) is 5.10 Å². The van der Waals surface area contributed by atoms with E-state index in [1.54, 1.807) is 4.68 Å². The van der Waals surface area contributed by atoms with Gasteiger partial charge in [-0.1, -0.05) is 6.92 Å². The maximum atomic E-state index is 10.7. The lowest BCUT2D eigenvalue weighted by Crippen LogP contribution is -2.58. The first-order valence-corrected chi connectivity index (χ1v) is 7.05. The lowest BCUT2D eigenvalue weighted by atomic mass is 9.86. The van der Waals surface area contributed by atoms with Crippen LogP contribution in [0.2, 0.25) is 0 Å². The molecule has 2 heterocycles. The molecule has 0 bridgehead atoms. The predicted molar refractivity (Wildman–Crippen MR) is 74.0 cm³/mol. The SMILES string of the molecule is CCC(C)(C(O)Cc1ccn(C)n1)N1CCOCC1. The molecule has 1 aromatic heterocycles. The van der Waals surface area contributed by atoms with E-state index in [0.717, 1.165) is 38.4 Å². The fraction of sp³-hybridized carbons (Fsp3) is 0.786. The van der Waals surface area contributed by atoms with E-state index in [1.165, 1.54) is 0 Å². The average molecular weight is 267 g/mol. The van der Waals surface area contributed by atoms with Gasteiger partial charge >= 0.3 is 0 Å². The number of morpholine rings is 1. The second-order valence-corrected chi connectivity index (χ2v) is 5.51. The number of nitrogens with zero attached hydrogens (tertiary/aromatic N) is 3. The highest BCUT2D eigenvalue weighted by molar-refractivity contribution is 5.05. The van der Waals surface area contributed by atoms with Crippen LogP contribution < -0.4 is 0 Å². The van der Waals surface area contributed by atoms with Gasteiger partial charge in [-0.05, 0) is 19.4 Å². The predicted octanol–water partition coefficient (Wildman–Crippen LogP) is 0.824. The Kier molecular flexibility index (Phi) is 4.60. The van der Waals surface area contributed by atoms with Crippen molar-refractivity contribution in [3.8, 4) is 0 Å². The molecule has 0 saturated carbocycles. The minimum Gasteiger partial charge on any atom is -0.391 e. The number of aliphatic hydroxyl groups is 1. The molecule has 108 valence electrons. The van der Waals surface area contributed by atoms with E-state index in [-0.39, 0.29) is 5.54 Å². The molecular formula is C14H25N3O2. The Morgan fingerprint density at radius 2 is 2.16 bits per heavy atom. The van der Waals surface area contributed by atoms with Gasteiger partial charge < -0.3 is 9.84 Å². The van der Waals surface area contributed by atoms with Crippen LogP contribution in [0.25, 0.3) is 0 Å². The molecule has 1 fully saturated rings. The van der Waals surface area contributed by atoms with E-state index in [0.29, 0.717) is 6.42 Å². The van der Waals surface area contributed by atoms with Crippen molar-refractivity contribution in [1.82, 2.24) is 14.7 Å². The highest BCUT2D eigenvalue weighted by Gasteiger charge is 2.38. The van der Waals surface area contributed by atoms with Crippen LogP contribution in [0.3, 0.4) is 0 Å². The van der Waals surface area contributed by atoms with Crippen molar-refractivity contribution in [3.63, 3.8) is 0 Å². The van der Waals surface area contributed by atoms with E-state index in [1.807, 2.05) is 19.3 Å². The minimum atomic E-state index is -0.412. The van der Waals surface area contributed by atoms with E-state index >= 15 is 0 Å².